The number of nitrogens with zero attached hydrogens (tertiary/aromatic N) is 1. The summed E-state index contributed by atoms with van der Waals surface area (Å²) in [4.78, 5) is 22.1. The van der Waals surface area contributed by atoms with Gasteiger partial charge in [0, 0.05) is 5.56 Å². The maximum absolute atomic E-state index is 11.5. The van der Waals surface area contributed by atoms with Gasteiger partial charge in [-0.1, -0.05) is 20.8 Å². The monoisotopic (exact) mass is 529 g/mol. The van der Waals surface area contributed by atoms with Crippen LogP contribution in [0.2, 0.25) is 0 Å². The van der Waals surface area contributed by atoms with Gasteiger partial charge in [-0.3, -0.25) is 14.9 Å². The standard InChI is InChI=1S/C20H21Br2NO6/c1-10(2)14-8-13(9-17(23(26)27)18(14)28-4)29-19-15(21)6-12(7-16(19)22)5-11(3)20(24)25/h6-11H,5H2,1-4H3,(H,24,25). The molecule has 0 spiro atoms. The van der Waals surface area contributed by atoms with Crippen LogP contribution in [0, 0.1) is 16.0 Å². The number of rotatable bonds is 8. The van der Waals surface area contributed by atoms with E-state index in [0.29, 0.717) is 32.4 Å². The zero-order valence-corrected chi connectivity index (χ0v) is 19.5. The second-order valence-corrected chi connectivity index (χ2v) is 8.62. The number of hydrogen-bond donors (Lipinski definition) is 1. The molecule has 1 unspecified atom stereocenters. The summed E-state index contributed by atoms with van der Waals surface area (Å²) in [6.45, 7) is 5.46. The molecule has 156 valence electrons. The average Bonchev–Trinajstić information content (AvgIpc) is 2.63. The molecule has 9 heteroatoms. The van der Waals surface area contributed by atoms with Crippen LogP contribution >= 0.6 is 31.9 Å². The molecule has 7 nitrogen and oxygen atoms in total. The summed E-state index contributed by atoms with van der Waals surface area (Å²) in [7, 11) is 1.40. The number of carbonyl (C=O) groups is 1. The molecular formula is C20H21Br2NO6. The average molecular weight is 531 g/mol. The fourth-order valence-electron chi connectivity index (χ4n) is 2.84. The highest BCUT2D eigenvalue weighted by Crippen LogP contribution is 2.43. The van der Waals surface area contributed by atoms with E-state index in [9.17, 15) is 14.9 Å². The SMILES string of the molecule is COc1c(C(C)C)cc(Oc2c(Br)cc(CC(C)C(=O)O)cc2Br)cc1[N+](=O)[O-]. The number of ether oxygens (including phenoxy) is 2. The molecule has 2 aromatic carbocycles. The smallest absolute Gasteiger partial charge is 0.314 e. The van der Waals surface area contributed by atoms with Crippen molar-refractivity contribution in [3.63, 3.8) is 0 Å². The Hall–Kier alpha value is -2.13. The van der Waals surface area contributed by atoms with E-state index in [1.807, 2.05) is 13.8 Å². The number of aliphatic carboxylic acids is 1. The van der Waals surface area contributed by atoms with Crippen molar-refractivity contribution in [2.75, 3.05) is 7.11 Å². The first-order valence-electron chi connectivity index (χ1n) is 8.80. The lowest BCUT2D eigenvalue weighted by Crippen LogP contribution is -2.12. The van der Waals surface area contributed by atoms with Gasteiger partial charge in [-0.05, 0) is 68.0 Å². The molecule has 0 aliphatic carbocycles. The number of benzene rings is 2. The van der Waals surface area contributed by atoms with E-state index in [1.54, 1.807) is 25.1 Å². The molecular weight excluding hydrogens is 510 g/mol. The molecule has 1 atom stereocenters. The maximum Gasteiger partial charge on any atom is 0.314 e. The Morgan fingerprint density at radius 1 is 1.14 bits per heavy atom. The molecule has 0 bridgehead atoms. The normalized spacial score (nSPS) is 12.0. The van der Waals surface area contributed by atoms with Gasteiger partial charge in [-0.25, -0.2) is 0 Å². The number of carboxylic acid groups (broad SMARTS) is 1. The molecule has 0 aliphatic rings. The molecule has 1 N–H and O–H groups in total. The van der Waals surface area contributed by atoms with Gasteiger partial charge in [-0.15, -0.1) is 0 Å². The van der Waals surface area contributed by atoms with Crippen LogP contribution in [0.15, 0.2) is 33.2 Å². The summed E-state index contributed by atoms with van der Waals surface area (Å²) in [6.07, 6.45) is 0.359. The van der Waals surface area contributed by atoms with Crippen molar-refractivity contribution in [1.29, 1.82) is 0 Å². The van der Waals surface area contributed by atoms with Gasteiger partial charge in [0.1, 0.15) is 5.75 Å². The van der Waals surface area contributed by atoms with Gasteiger partial charge in [0.2, 0.25) is 5.75 Å². The summed E-state index contributed by atoms with van der Waals surface area (Å²) in [5.41, 5.74) is 1.30. The minimum absolute atomic E-state index is 0.0148. The molecule has 0 amide bonds. The number of methoxy groups -OCH3 is 1. The Morgan fingerprint density at radius 3 is 2.17 bits per heavy atom. The molecule has 29 heavy (non-hydrogen) atoms. The third-order valence-corrected chi connectivity index (χ3v) is 5.51. The maximum atomic E-state index is 11.5. The van der Waals surface area contributed by atoms with Crippen LogP contribution in [0.1, 0.15) is 37.8 Å². The van der Waals surface area contributed by atoms with Crippen molar-refractivity contribution in [3.8, 4) is 17.2 Å². The summed E-state index contributed by atoms with van der Waals surface area (Å²) in [5, 5.41) is 20.6. The van der Waals surface area contributed by atoms with Crippen LogP contribution in [-0.2, 0) is 11.2 Å². The Morgan fingerprint density at radius 2 is 1.72 bits per heavy atom. The van der Waals surface area contributed by atoms with E-state index in [2.05, 4.69) is 31.9 Å². The molecule has 0 aliphatic heterocycles. The Labute approximate surface area is 185 Å². The second-order valence-electron chi connectivity index (χ2n) is 6.91. The first-order chi connectivity index (χ1) is 13.5. The van der Waals surface area contributed by atoms with Crippen LogP contribution in [0.3, 0.4) is 0 Å². The van der Waals surface area contributed by atoms with E-state index in [1.165, 1.54) is 13.2 Å². The lowest BCUT2D eigenvalue weighted by atomic mass is 10.0. The third-order valence-electron chi connectivity index (χ3n) is 4.34. The summed E-state index contributed by atoms with van der Waals surface area (Å²) in [5.74, 6) is -0.463. The largest absolute Gasteiger partial charge is 0.490 e. The first kappa shape index (κ1) is 23.2. The van der Waals surface area contributed by atoms with E-state index in [0.717, 1.165) is 5.56 Å². The molecule has 0 heterocycles. The van der Waals surface area contributed by atoms with Gasteiger partial charge in [-0.2, -0.15) is 0 Å². The second kappa shape index (κ2) is 9.58. The summed E-state index contributed by atoms with van der Waals surface area (Å²) in [6, 6.07) is 6.60. The van der Waals surface area contributed by atoms with Crippen LogP contribution in [0.25, 0.3) is 0 Å². The number of nitro groups is 1. The highest BCUT2D eigenvalue weighted by atomic mass is 79.9. The Balaban J connectivity index is 2.46. The quantitative estimate of drug-likeness (QED) is 0.317. The molecule has 2 rings (SSSR count). The van der Waals surface area contributed by atoms with Crippen LogP contribution in [-0.4, -0.2) is 23.1 Å². The van der Waals surface area contributed by atoms with E-state index in [-0.39, 0.29) is 17.4 Å². The van der Waals surface area contributed by atoms with Crippen molar-refractivity contribution in [1.82, 2.24) is 0 Å². The highest BCUT2D eigenvalue weighted by molar-refractivity contribution is 9.11. The number of halogens is 2. The molecule has 0 saturated heterocycles. The van der Waals surface area contributed by atoms with Gasteiger partial charge >= 0.3 is 11.7 Å². The molecule has 2 aromatic rings. The first-order valence-corrected chi connectivity index (χ1v) is 10.4. The van der Waals surface area contributed by atoms with Crippen molar-refractivity contribution in [2.45, 2.75) is 33.1 Å². The van der Waals surface area contributed by atoms with Gasteiger partial charge in [0.05, 0.1) is 33.0 Å². The minimum atomic E-state index is -0.871. The molecule has 0 radical (unpaired) electrons. The lowest BCUT2D eigenvalue weighted by molar-refractivity contribution is -0.385. The van der Waals surface area contributed by atoms with Gasteiger partial charge in [0.15, 0.2) is 5.75 Å². The summed E-state index contributed by atoms with van der Waals surface area (Å²) < 4.78 is 12.4. The van der Waals surface area contributed by atoms with Crippen molar-refractivity contribution >= 4 is 43.5 Å². The topological polar surface area (TPSA) is 98.9 Å². The summed E-state index contributed by atoms with van der Waals surface area (Å²) >= 11 is 6.89. The van der Waals surface area contributed by atoms with E-state index in [4.69, 9.17) is 14.6 Å². The van der Waals surface area contributed by atoms with Gasteiger partial charge in [0.25, 0.3) is 0 Å². The zero-order chi connectivity index (χ0) is 21.9. The minimum Gasteiger partial charge on any atom is -0.490 e. The molecule has 0 aromatic heterocycles. The van der Waals surface area contributed by atoms with Crippen LogP contribution in [0.5, 0.6) is 17.2 Å². The van der Waals surface area contributed by atoms with E-state index < -0.39 is 16.8 Å². The van der Waals surface area contributed by atoms with Crippen molar-refractivity contribution in [2.24, 2.45) is 5.92 Å². The predicted octanol–water partition coefficient (Wildman–Crippen LogP) is 6.31. The Kier molecular flexibility index (Phi) is 7.65. The van der Waals surface area contributed by atoms with E-state index >= 15 is 0 Å². The zero-order valence-electron chi connectivity index (χ0n) is 16.4. The fraction of sp³-hybridized carbons (Fsp3) is 0.350. The molecule has 0 fully saturated rings. The number of nitro benzene ring substituents is 1. The van der Waals surface area contributed by atoms with Crippen LogP contribution < -0.4 is 9.47 Å². The number of carboxylic acids is 1. The van der Waals surface area contributed by atoms with Crippen molar-refractivity contribution < 1.29 is 24.3 Å². The third kappa shape index (κ3) is 5.48. The van der Waals surface area contributed by atoms with Gasteiger partial charge < -0.3 is 14.6 Å². The van der Waals surface area contributed by atoms with Crippen molar-refractivity contribution in [3.05, 3.63) is 54.5 Å². The van der Waals surface area contributed by atoms with Crippen LogP contribution in [0.4, 0.5) is 5.69 Å². The Bertz CT molecular complexity index is 922. The number of hydrogen-bond acceptors (Lipinski definition) is 5. The lowest BCUT2D eigenvalue weighted by Gasteiger charge is -2.16. The highest BCUT2D eigenvalue weighted by Gasteiger charge is 2.24. The fourth-order valence-corrected chi connectivity index (χ4v) is 4.28. The molecule has 0 saturated carbocycles. The predicted molar refractivity (Wildman–Crippen MR) is 116 cm³/mol.